The molecule has 17 heavy (non-hydrogen) atoms. The third kappa shape index (κ3) is 2.53. The lowest BCUT2D eigenvalue weighted by Gasteiger charge is -2.08. The lowest BCUT2D eigenvalue weighted by atomic mass is 10.1. The number of nitrogens with zero attached hydrogens (tertiary/aromatic N) is 2. The van der Waals surface area contributed by atoms with Crippen molar-refractivity contribution in [1.29, 1.82) is 0 Å². The van der Waals surface area contributed by atoms with Gasteiger partial charge in [0, 0.05) is 24.5 Å². The maximum Gasteiger partial charge on any atom is 0.152 e. The summed E-state index contributed by atoms with van der Waals surface area (Å²) in [7, 11) is 0. The van der Waals surface area contributed by atoms with E-state index in [1.165, 1.54) is 12.1 Å². The SMILES string of the molecule is CCNc1nccnc1-c1ccc(Cl)c(F)c1. The van der Waals surface area contributed by atoms with Crippen LogP contribution in [0.25, 0.3) is 11.3 Å². The Morgan fingerprint density at radius 1 is 1.29 bits per heavy atom. The summed E-state index contributed by atoms with van der Waals surface area (Å²) in [6.07, 6.45) is 3.16. The largest absolute Gasteiger partial charge is 0.369 e. The Hall–Kier alpha value is -1.68. The molecular formula is C12H11ClFN3. The monoisotopic (exact) mass is 251 g/mol. The van der Waals surface area contributed by atoms with E-state index >= 15 is 0 Å². The second kappa shape index (κ2) is 5.10. The average molecular weight is 252 g/mol. The second-order valence-electron chi connectivity index (χ2n) is 3.41. The molecule has 1 aromatic heterocycles. The Morgan fingerprint density at radius 2 is 2.06 bits per heavy atom. The van der Waals surface area contributed by atoms with E-state index < -0.39 is 5.82 Å². The van der Waals surface area contributed by atoms with Gasteiger partial charge in [-0.25, -0.2) is 9.37 Å². The molecule has 88 valence electrons. The van der Waals surface area contributed by atoms with Crippen molar-refractivity contribution in [2.24, 2.45) is 0 Å². The van der Waals surface area contributed by atoms with E-state index in [0.717, 1.165) is 6.54 Å². The first kappa shape index (κ1) is 11.8. The highest BCUT2D eigenvalue weighted by atomic mass is 35.5. The molecular weight excluding hydrogens is 241 g/mol. The molecule has 1 aromatic carbocycles. The number of benzene rings is 1. The molecule has 0 saturated heterocycles. The predicted octanol–water partition coefficient (Wildman–Crippen LogP) is 3.37. The highest BCUT2D eigenvalue weighted by Gasteiger charge is 2.09. The number of rotatable bonds is 3. The average Bonchev–Trinajstić information content (AvgIpc) is 2.34. The molecule has 2 rings (SSSR count). The number of hydrogen-bond donors (Lipinski definition) is 1. The van der Waals surface area contributed by atoms with Crippen LogP contribution in [0.15, 0.2) is 30.6 Å². The smallest absolute Gasteiger partial charge is 0.152 e. The Bertz CT molecular complexity index is 531. The van der Waals surface area contributed by atoms with Crippen LogP contribution >= 0.6 is 11.6 Å². The molecule has 1 heterocycles. The van der Waals surface area contributed by atoms with Crippen LogP contribution < -0.4 is 5.32 Å². The van der Waals surface area contributed by atoms with Crippen molar-refractivity contribution in [3.63, 3.8) is 0 Å². The van der Waals surface area contributed by atoms with Gasteiger partial charge in [-0.2, -0.15) is 0 Å². The van der Waals surface area contributed by atoms with Crippen LogP contribution in [0, 0.1) is 5.82 Å². The van der Waals surface area contributed by atoms with Crippen molar-refractivity contribution in [1.82, 2.24) is 9.97 Å². The molecule has 3 nitrogen and oxygen atoms in total. The zero-order valence-corrected chi connectivity index (χ0v) is 10.0. The highest BCUT2D eigenvalue weighted by molar-refractivity contribution is 6.30. The van der Waals surface area contributed by atoms with Crippen LogP contribution in [0.4, 0.5) is 10.2 Å². The van der Waals surface area contributed by atoms with Crippen molar-refractivity contribution < 1.29 is 4.39 Å². The minimum atomic E-state index is -0.461. The van der Waals surface area contributed by atoms with Gasteiger partial charge in [-0.05, 0) is 19.1 Å². The van der Waals surface area contributed by atoms with Crippen molar-refractivity contribution in [2.75, 3.05) is 11.9 Å². The molecule has 5 heteroatoms. The normalized spacial score (nSPS) is 10.3. The van der Waals surface area contributed by atoms with Gasteiger partial charge < -0.3 is 5.32 Å². The molecule has 0 amide bonds. The molecule has 1 N–H and O–H groups in total. The Morgan fingerprint density at radius 3 is 2.76 bits per heavy atom. The maximum absolute atomic E-state index is 13.4. The number of anilines is 1. The van der Waals surface area contributed by atoms with Crippen LogP contribution in [0.2, 0.25) is 5.02 Å². The van der Waals surface area contributed by atoms with Crippen LogP contribution in [0.1, 0.15) is 6.92 Å². The number of hydrogen-bond acceptors (Lipinski definition) is 3. The minimum absolute atomic E-state index is 0.0997. The van der Waals surface area contributed by atoms with Crippen molar-refractivity contribution in [2.45, 2.75) is 6.92 Å². The predicted molar refractivity (Wildman–Crippen MR) is 66.6 cm³/mol. The van der Waals surface area contributed by atoms with Crippen LogP contribution in [0.5, 0.6) is 0 Å². The third-order valence-electron chi connectivity index (χ3n) is 2.24. The molecule has 0 bridgehead atoms. The Balaban J connectivity index is 2.48. The first-order valence-electron chi connectivity index (χ1n) is 5.22. The summed E-state index contributed by atoms with van der Waals surface area (Å²) in [6, 6.07) is 4.58. The first-order chi connectivity index (χ1) is 8.22. The highest BCUT2D eigenvalue weighted by Crippen LogP contribution is 2.26. The van der Waals surface area contributed by atoms with E-state index in [-0.39, 0.29) is 5.02 Å². The molecule has 0 saturated carbocycles. The quantitative estimate of drug-likeness (QED) is 0.909. The summed E-state index contributed by atoms with van der Waals surface area (Å²) in [4.78, 5) is 8.37. The van der Waals surface area contributed by atoms with Gasteiger partial charge in [0.05, 0.1) is 5.02 Å². The fourth-order valence-corrected chi connectivity index (χ4v) is 1.61. The van der Waals surface area contributed by atoms with E-state index in [1.807, 2.05) is 6.92 Å². The van der Waals surface area contributed by atoms with Gasteiger partial charge in [-0.3, -0.25) is 4.98 Å². The van der Waals surface area contributed by atoms with E-state index in [9.17, 15) is 4.39 Å². The van der Waals surface area contributed by atoms with Crippen LogP contribution in [-0.2, 0) is 0 Å². The zero-order chi connectivity index (χ0) is 12.3. The van der Waals surface area contributed by atoms with Gasteiger partial charge in [0.2, 0.25) is 0 Å². The van der Waals surface area contributed by atoms with Gasteiger partial charge in [0.15, 0.2) is 5.82 Å². The molecule has 0 aliphatic rings. The van der Waals surface area contributed by atoms with Crippen molar-refractivity contribution in [3.05, 3.63) is 41.4 Å². The minimum Gasteiger partial charge on any atom is -0.369 e. The summed E-state index contributed by atoms with van der Waals surface area (Å²) in [5, 5.41) is 3.18. The fraction of sp³-hybridized carbons (Fsp3) is 0.167. The standard InChI is InChI=1S/C12H11ClFN3/c1-2-15-12-11(16-5-6-17-12)8-3-4-9(13)10(14)7-8/h3-7H,2H2,1H3,(H,15,17). The lowest BCUT2D eigenvalue weighted by Crippen LogP contribution is -2.02. The third-order valence-corrected chi connectivity index (χ3v) is 2.54. The van der Waals surface area contributed by atoms with E-state index in [1.54, 1.807) is 18.5 Å². The van der Waals surface area contributed by atoms with Gasteiger partial charge in [0.25, 0.3) is 0 Å². The van der Waals surface area contributed by atoms with E-state index in [4.69, 9.17) is 11.6 Å². The van der Waals surface area contributed by atoms with Crippen LogP contribution in [-0.4, -0.2) is 16.5 Å². The van der Waals surface area contributed by atoms with Crippen molar-refractivity contribution >= 4 is 17.4 Å². The topological polar surface area (TPSA) is 37.8 Å². The summed E-state index contributed by atoms with van der Waals surface area (Å²) in [5.74, 6) is 0.175. The first-order valence-corrected chi connectivity index (χ1v) is 5.60. The molecule has 0 fully saturated rings. The molecule has 0 aliphatic heterocycles. The fourth-order valence-electron chi connectivity index (χ4n) is 1.49. The number of halogens is 2. The van der Waals surface area contributed by atoms with Crippen molar-refractivity contribution in [3.8, 4) is 11.3 Å². The summed E-state index contributed by atoms with van der Waals surface area (Å²) >= 11 is 5.64. The van der Waals surface area contributed by atoms with Crippen LogP contribution in [0.3, 0.4) is 0 Å². The second-order valence-corrected chi connectivity index (χ2v) is 3.82. The molecule has 0 unspecified atom stereocenters. The van der Waals surface area contributed by atoms with Gasteiger partial charge >= 0.3 is 0 Å². The summed E-state index contributed by atoms with van der Waals surface area (Å²) in [6.45, 7) is 2.68. The molecule has 0 aliphatic carbocycles. The Labute approximate surface area is 104 Å². The van der Waals surface area contributed by atoms with Gasteiger partial charge in [-0.1, -0.05) is 17.7 Å². The van der Waals surface area contributed by atoms with E-state index in [0.29, 0.717) is 17.1 Å². The zero-order valence-electron chi connectivity index (χ0n) is 9.24. The molecule has 0 radical (unpaired) electrons. The molecule has 0 atom stereocenters. The lowest BCUT2D eigenvalue weighted by molar-refractivity contribution is 0.628. The molecule has 2 aromatic rings. The van der Waals surface area contributed by atoms with E-state index in [2.05, 4.69) is 15.3 Å². The Kier molecular flexibility index (Phi) is 3.54. The number of nitrogens with one attached hydrogen (secondary N) is 1. The van der Waals surface area contributed by atoms with Gasteiger partial charge in [-0.15, -0.1) is 0 Å². The van der Waals surface area contributed by atoms with Gasteiger partial charge in [0.1, 0.15) is 11.5 Å². The summed E-state index contributed by atoms with van der Waals surface area (Å²) in [5.41, 5.74) is 1.26. The molecule has 0 spiro atoms. The maximum atomic E-state index is 13.4. The number of aromatic nitrogens is 2. The summed E-state index contributed by atoms with van der Waals surface area (Å²) < 4.78 is 13.4.